The van der Waals surface area contributed by atoms with Crippen LogP contribution in [0, 0.1) is 0 Å². The molecule has 1 aromatic rings. The Morgan fingerprint density at radius 2 is 1.90 bits per heavy atom. The molecule has 0 radical (unpaired) electrons. The SMILES string of the molecule is CCNC(CN(CC)C1CC1)c1ccc(OCC)cc1. The number of benzene rings is 1. The topological polar surface area (TPSA) is 24.5 Å². The number of nitrogens with one attached hydrogen (secondary N) is 1. The first kappa shape index (κ1) is 15.3. The van der Waals surface area contributed by atoms with E-state index in [0.717, 1.165) is 38.0 Å². The Bertz CT molecular complexity index is 386. The molecule has 1 fully saturated rings. The van der Waals surface area contributed by atoms with Gasteiger partial charge in [-0.05, 0) is 50.6 Å². The predicted molar refractivity (Wildman–Crippen MR) is 84.3 cm³/mol. The Morgan fingerprint density at radius 3 is 2.40 bits per heavy atom. The van der Waals surface area contributed by atoms with Gasteiger partial charge >= 0.3 is 0 Å². The van der Waals surface area contributed by atoms with Gasteiger partial charge in [-0.3, -0.25) is 4.90 Å². The molecule has 3 heteroatoms. The predicted octanol–water partition coefficient (Wildman–Crippen LogP) is 3.22. The zero-order valence-electron chi connectivity index (χ0n) is 13.1. The molecule has 1 aliphatic rings. The maximum Gasteiger partial charge on any atom is 0.119 e. The molecule has 0 amide bonds. The van der Waals surface area contributed by atoms with Gasteiger partial charge in [0.25, 0.3) is 0 Å². The van der Waals surface area contributed by atoms with Gasteiger partial charge in [0.15, 0.2) is 0 Å². The first-order valence-corrected chi connectivity index (χ1v) is 7.98. The van der Waals surface area contributed by atoms with Crippen molar-refractivity contribution in [3.63, 3.8) is 0 Å². The summed E-state index contributed by atoms with van der Waals surface area (Å²) >= 11 is 0. The molecular weight excluding hydrogens is 248 g/mol. The molecule has 1 atom stereocenters. The van der Waals surface area contributed by atoms with Crippen LogP contribution in [0.4, 0.5) is 0 Å². The number of likely N-dealkylation sites (N-methyl/N-ethyl adjacent to an activating group) is 2. The van der Waals surface area contributed by atoms with E-state index < -0.39 is 0 Å². The van der Waals surface area contributed by atoms with Gasteiger partial charge in [0.2, 0.25) is 0 Å². The highest BCUT2D eigenvalue weighted by Crippen LogP contribution is 2.28. The summed E-state index contributed by atoms with van der Waals surface area (Å²) in [5, 5.41) is 3.62. The van der Waals surface area contributed by atoms with E-state index in [1.165, 1.54) is 18.4 Å². The molecule has 0 heterocycles. The van der Waals surface area contributed by atoms with E-state index in [4.69, 9.17) is 4.74 Å². The summed E-state index contributed by atoms with van der Waals surface area (Å²) in [6, 6.07) is 9.78. The smallest absolute Gasteiger partial charge is 0.119 e. The van der Waals surface area contributed by atoms with Gasteiger partial charge in [-0.25, -0.2) is 0 Å². The molecule has 1 unspecified atom stereocenters. The largest absolute Gasteiger partial charge is 0.494 e. The minimum atomic E-state index is 0.413. The number of rotatable bonds is 9. The van der Waals surface area contributed by atoms with E-state index in [1.807, 2.05) is 6.92 Å². The summed E-state index contributed by atoms with van der Waals surface area (Å²) in [6.07, 6.45) is 2.74. The summed E-state index contributed by atoms with van der Waals surface area (Å²) in [4.78, 5) is 2.60. The maximum atomic E-state index is 5.52. The van der Waals surface area contributed by atoms with Gasteiger partial charge in [0.05, 0.1) is 6.61 Å². The van der Waals surface area contributed by atoms with Gasteiger partial charge < -0.3 is 10.1 Å². The molecule has 0 spiro atoms. The summed E-state index contributed by atoms with van der Waals surface area (Å²) in [7, 11) is 0. The lowest BCUT2D eigenvalue weighted by Crippen LogP contribution is -2.36. The summed E-state index contributed by atoms with van der Waals surface area (Å²) in [5.74, 6) is 0.959. The van der Waals surface area contributed by atoms with Crippen LogP contribution in [-0.4, -0.2) is 37.2 Å². The molecule has 1 aromatic carbocycles. The molecule has 1 aliphatic carbocycles. The summed E-state index contributed by atoms with van der Waals surface area (Å²) in [5.41, 5.74) is 1.36. The number of nitrogens with zero attached hydrogens (tertiary/aromatic N) is 1. The average molecular weight is 276 g/mol. The Balaban J connectivity index is 2.02. The molecule has 0 saturated heterocycles. The van der Waals surface area contributed by atoms with Gasteiger partial charge in [0.1, 0.15) is 5.75 Å². The fraction of sp³-hybridized carbons (Fsp3) is 0.647. The minimum Gasteiger partial charge on any atom is -0.494 e. The fourth-order valence-electron chi connectivity index (χ4n) is 2.71. The summed E-state index contributed by atoms with van der Waals surface area (Å²) < 4.78 is 5.52. The van der Waals surface area contributed by atoms with Crippen molar-refractivity contribution in [2.24, 2.45) is 0 Å². The molecule has 20 heavy (non-hydrogen) atoms. The maximum absolute atomic E-state index is 5.52. The third-order valence-electron chi connectivity index (χ3n) is 3.93. The second-order valence-electron chi connectivity index (χ2n) is 5.43. The van der Waals surface area contributed by atoms with Crippen molar-refractivity contribution in [2.75, 3.05) is 26.2 Å². The van der Waals surface area contributed by atoms with Crippen molar-refractivity contribution < 1.29 is 4.74 Å². The first-order chi connectivity index (χ1) is 9.78. The standard InChI is InChI=1S/C17H28N2O/c1-4-18-17(13-19(5-2)15-9-10-15)14-7-11-16(12-8-14)20-6-3/h7-8,11-12,15,17-18H,4-6,9-10,13H2,1-3H3. The van der Waals surface area contributed by atoms with Crippen molar-refractivity contribution >= 4 is 0 Å². The normalized spacial score (nSPS) is 16.4. The molecule has 0 aromatic heterocycles. The van der Waals surface area contributed by atoms with Crippen molar-refractivity contribution in [3.8, 4) is 5.75 Å². The van der Waals surface area contributed by atoms with Crippen LogP contribution in [-0.2, 0) is 0 Å². The van der Waals surface area contributed by atoms with Crippen LogP contribution in [0.3, 0.4) is 0 Å². The molecular formula is C17H28N2O. The van der Waals surface area contributed by atoms with Crippen LogP contribution < -0.4 is 10.1 Å². The van der Waals surface area contributed by atoms with Crippen molar-refractivity contribution in [1.82, 2.24) is 10.2 Å². The Labute approximate surface area is 123 Å². The van der Waals surface area contributed by atoms with E-state index in [9.17, 15) is 0 Å². The lowest BCUT2D eigenvalue weighted by atomic mass is 10.1. The third kappa shape index (κ3) is 4.22. The summed E-state index contributed by atoms with van der Waals surface area (Å²) in [6.45, 7) is 10.4. The van der Waals surface area contributed by atoms with E-state index in [0.29, 0.717) is 6.04 Å². The van der Waals surface area contributed by atoms with E-state index in [2.05, 4.69) is 48.3 Å². The second kappa shape index (κ2) is 7.65. The van der Waals surface area contributed by atoms with Crippen molar-refractivity contribution in [3.05, 3.63) is 29.8 Å². The average Bonchev–Trinajstić information content (AvgIpc) is 3.29. The minimum absolute atomic E-state index is 0.413. The lowest BCUT2D eigenvalue weighted by Gasteiger charge is -2.27. The Hall–Kier alpha value is -1.06. The van der Waals surface area contributed by atoms with Crippen molar-refractivity contribution in [1.29, 1.82) is 0 Å². The van der Waals surface area contributed by atoms with E-state index in [1.54, 1.807) is 0 Å². The highest BCUT2D eigenvalue weighted by Gasteiger charge is 2.29. The lowest BCUT2D eigenvalue weighted by molar-refractivity contribution is 0.245. The van der Waals surface area contributed by atoms with Crippen LogP contribution in [0.1, 0.15) is 45.2 Å². The van der Waals surface area contributed by atoms with Gasteiger partial charge in [-0.2, -0.15) is 0 Å². The first-order valence-electron chi connectivity index (χ1n) is 7.98. The van der Waals surface area contributed by atoms with Gasteiger partial charge in [-0.15, -0.1) is 0 Å². The molecule has 0 bridgehead atoms. The number of hydrogen-bond acceptors (Lipinski definition) is 3. The molecule has 2 rings (SSSR count). The number of hydrogen-bond donors (Lipinski definition) is 1. The third-order valence-corrected chi connectivity index (χ3v) is 3.93. The van der Waals surface area contributed by atoms with Crippen LogP contribution in [0.25, 0.3) is 0 Å². The Morgan fingerprint density at radius 1 is 1.20 bits per heavy atom. The molecule has 112 valence electrons. The van der Waals surface area contributed by atoms with E-state index in [-0.39, 0.29) is 0 Å². The van der Waals surface area contributed by atoms with Crippen LogP contribution in [0.5, 0.6) is 5.75 Å². The molecule has 1 saturated carbocycles. The number of ether oxygens (including phenoxy) is 1. The highest BCUT2D eigenvalue weighted by molar-refractivity contribution is 5.29. The quantitative estimate of drug-likeness (QED) is 0.749. The molecule has 3 nitrogen and oxygen atoms in total. The van der Waals surface area contributed by atoms with Gasteiger partial charge in [-0.1, -0.05) is 26.0 Å². The van der Waals surface area contributed by atoms with Gasteiger partial charge in [0, 0.05) is 18.6 Å². The van der Waals surface area contributed by atoms with Crippen molar-refractivity contribution in [2.45, 2.75) is 45.7 Å². The van der Waals surface area contributed by atoms with Crippen LogP contribution in [0.15, 0.2) is 24.3 Å². The fourth-order valence-corrected chi connectivity index (χ4v) is 2.71. The zero-order valence-corrected chi connectivity index (χ0v) is 13.1. The molecule has 1 N–H and O–H groups in total. The van der Waals surface area contributed by atoms with E-state index >= 15 is 0 Å². The van der Waals surface area contributed by atoms with Crippen LogP contribution >= 0.6 is 0 Å². The second-order valence-corrected chi connectivity index (χ2v) is 5.43. The monoisotopic (exact) mass is 276 g/mol. The molecule has 0 aliphatic heterocycles. The van der Waals surface area contributed by atoms with Crippen LogP contribution in [0.2, 0.25) is 0 Å². The Kier molecular flexibility index (Phi) is 5.86. The zero-order chi connectivity index (χ0) is 14.4. The highest BCUT2D eigenvalue weighted by atomic mass is 16.5.